The number of phenolic OH excluding ortho intramolecular Hbond substituents is 1. The van der Waals surface area contributed by atoms with Crippen LogP contribution in [0.1, 0.15) is 63.5 Å². The molecule has 4 rings (SSSR count). The number of nitrogens with zero attached hydrogens (tertiary/aromatic N) is 1. The molecule has 1 atom stereocenters. The molecule has 2 aliphatic rings. The van der Waals surface area contributed by atoms with Gasteiger partial charge in [-0.05, 0) is 49.8 Å². The average Bonchev–Trinajstić information content (AvgIpc) is 2.74. The number of carbonyl (C=O) groups excluding carboxylic acids is 1. The summed E-state index contributed by atoms with van der Waals surface area (Å²) in [5, 5.41) is 14.0. The summed E-state index contributed by atoms with van der Waals surface area (Å²) in [6, 6.07) is 5.01. The maximum absolute atomic E-state index is 13.3. The van der Waals surface area contributed by atoms with E-state index in [1.165, 1.54) is 11.8 Å². The molecular weight excluding hydrogens is 426 g/mol. The van der Waals surface area contributed by atoms with Crippen molar-refractivity contribution in [2.75, 3.05) is 17.7 Å². The minimum absolute atomic E-state index is 0.0258. The second-order valence-corrected chi connectivity index (χ2v) is 9.64. The molecule has 1 unspecified atom stereocenters. The van der Waals surface area contributed by atoms with Crippen LogP contribution in [0.15, 0.2) is 39.4 Å². The Hall–Kier alpha value is -2.74. The Bertz CT molecular complexity index is 1120. The summed E-state index contributed by atoms with van der Waals surface area (Å²) in [5.74, 6) is 1.79. The quantitative estimate of drug-likeness (QED) is 0.415. The highest BCUT2D eigenvalue weighted by Gasteiger charge is 2.38. The third kappa shape index (κ3) is 4.41. The van der Waals surface area contributed by atoms with Crippen LogP contribution in [0, 0.1) is 5.92 Å². The van der Waals surface area contributed by atoms with Gasteiger partial charge in [0.05, 0.1) is 12.2 Å². The summed E-state index contributed by atoms with van der Waals surface area (Å²) in [7, 11) is 0. The molecule has 0 bridgehead atoms. The molecule has 7 nitrogen and oxygen atoms in total. The zero-order valence-electron chi connectivity index (χ0n) is 18.7. The van der Waals surface area contributed by atoms with E-state index in [2.05, 4.69) is 24.1 Å². The topological polar surface area (TPSA) is 104 Å². The normalized spacial score (nSPS) is 17.8. The number of aromatic hydroxyl groups is 1. The van der Waals surface area contributed by atoms with Gasteiger partial charge in [0.15, 0.2) is 22.4 Å². The number of H-pyrrole nitrogens is 1. The number of ketones is 1. The van der Waals surface area contributed by atoms with Crippen molar-refractivity contribution in [3.05, 3.63) is 50.9 Å². The Morgan fingerprint density at radius 1 is 1.28 bits per heavy atom. The molecule has 0 radical (unpaired) electrons. The Balaban J connectivity index is 1.82. The Kier molecular flexibility index (Phi) is 6.60. The first-order chi connectivity index (χ1) is 15.4. The van der Waals surface area contributed by atoms with Gasteiger partial charge in [0, 0.05) is 29.4 Å². The Morgan fingerprint density at radius 2 is 2.09 bits per heavy atom. The third-order valence-corrected chi connectivity index (χ3v) is 6.69. The molecule has 8 heteroatoms. The first-order valence-corrected chi connectivity index (χ1v) is 12.1. The van der Waals surface area contributed by atoms with Crippen molar-refractivity contribution in [3.8, 4) is 11.5 Å². The fourth-order valence-corrected chi connectivity index (χ4v) is 5.32. The molecule has 0 amide bonds. The maximum atomic E-state index is 13.3. The van der Waals surface area contributed by atoms with Crippen LogP contribution in [0.2, 0.25) is 0 Å². The first-order valence-electron chi connectivity index (χ1n) is 11.1. The molecule has 2 heterocycles. The van der Waals surface area contributed by atoms with Crippen LogP contribution in [-0.2, 0) is 4.79 Å². The van der Waals surface area contributed by atoms with E-state index < -0.39 is 5.92 Å². The van der Waals surface area contributed by atoms with Crippen LogP contribution >= 0.6 is 11.8 Å². The van der Waals surface area contributed by atoms with E-state index >= 15 is 0 Å². The van der Waals surface area contributed by atoms with Gasteiger partial charge in [0.1, 0.15) is 5.82 Å². The zero-order valence-corrected chi connectivity index (χ0v) is 19.5. The van der Waals surface area contributed by atoms with E-state index in [9.17, 15) is 14.7 Å². The molecule has 32 heavy (non-hydrogen) atoms. The molecule has 1 aliphatic heterocycles. The molecule has 1 aromatic carbocycles. The lowest BCUT2D eigenvalue weighted by Gasteiger charge is -2.33. The number of anilines is 1. The highest BCUT2D eigenvalue weighted by molar-refractivity contribution is 7.99. The number of fused-ring (bicyclic) bond motifs is 1. The highest BCUT2D eigenvalue weighted by atomic mass is 32.2. The van der Waals surface area contributed by atoms with Crippen molar-refractivity contribution in [3.63, 3.8) is 0 Å². The summed E-state index contributed by atoms with van der Waals surface area (Å²) in [4.78, 5) is 33.8. The highest BCUT2D eigenvalue weighted by Crippen LogP contribution is 2.45. The number of carbonyl (C=O) groups is 1. The van der Waals surface area contributed by atoms with Crippen LogP contribution in [0.25, 0.3) is 0 Å². The van der Waals surface area contributed by atoms with Crippen LogP contribution in [-0.4, -0.2) is 33.2 Å². The number of aromatic amines is 1. The monoisotopic (exact) mass is 455 g/mol. The number of ether oxygens (including phenoxy) is 1. The first kappa shape index (κ1) is 22.5. The van der Waals surface area contributed by atoms with Crippen LogP contribution in [0.4, 0.5) is 5.82 Å². The number of aromatic nitrogens is 2. The number of hydrogen-bond acceptors (Lipinski definition) is 7. The van der Waals surface area contributed by atoms with Gasteiger partial charge in [-0.25, -0.2) is 4.98 Å². The number of Topliss-reactive ketones (excluding diaryl/α,β-unsaturated/α-hetero) is 1. The third-order valence-electron chi connectivity index (χ3n) is 5.79. The fourth-order valence-electron chi connectivity index (χ4n) is 4.21. The van der Waals surface area contributed by atoms with E-state index in [1.54, 1.807) is 18.2 Å². The lowest BCUT2D eigenvalue weighted by molar-refractivity contribution is -0.116. The predicted molar refractivity (Wildman–Crippen MR) is 126 cm³/mol. The second kappa shape index (κ2) is 9.40. The number of allylic oxidation sites excluding steroid dienone is 2. The largest absolute Gasteiger partial charge is 0.504 e. The number of thioether (sulfide) groups is 1. The van der Waals surface area contributed by atoms with Gasteiger partial charge in [-0.2, -0.15) is 0 Å². The van der Waals surface area contributed by atoms with E-state index in [4.69, 9.17) is 9.72 Å². The van der Waals surface area contributed by atoms with Crippen molar-refractivity contribution in [2.45, 2.75) is 57.5 Å². The van der Waals surface area contributed by atoms with Gasteiger partial charge in [0.25, 0.3) is 5.56 Å². The molecule has 0 spiro atoms. The number of rotatable bonds is 7. The molecule has 1 aromatic heterocycles. The maximum Gasteiger partial charge on any atom is 0.257 e. The van der Waals surface area contributed by atoms with Gasteiger partial charge in [0.2, 0.25) is 0 Å². The number of phenols is 1. The number of nitrogens with one attached hydrogen (secondary N) is 2. The molecule has 2 aromatic rings. The molecule has 170 valence electrons. The minimum Gasteiger partial charge on any atom is -0.504 e. The number of hydrogen-bond donors (Lipinski definition) is 3. The van der Waals surface area contributed by atoms with E-state index in [1.807, 2.05) is 6.92 Å². The van der Waals surface area contributed by atoms with Crippen molar-refractivity contribution < 1.29 is 14.6 Å². The lowest BCUT2D eigenvalue weighted by Crippen LogP contribution is -2.32. The standard InChI is InChI=1S/C24H29N3O4S/c1-4-31-18-12-14(8-9-16(18)28)19-20-15(6-5-7-17(20)29)25-22-21(19)23(30)27-24(26-22)32-11-10-13(2)3/h8-9,12-13,19,28H,4-7,10-11H2,1-3H3,(H2,25,26,27,30). The van der Waals surface area contributed by atoms with Crippen LogP contribution < -0.4 is 15.6 Å². The van der Waals surface area contributed by atoms with Gasteiger partial charge >= 0.3 is 0 Å². The summed E-state index contributed by atoms with van der Waals surface area (Å²) in [5.41, 5.74) is 2.35. The van der Waals surface area contributed by atoms with Crippen molar-refractivity contribution in [1.29, 1.82) is 0 Å². The predicted octanol–water partition coefficient (Wildman–Crippen LogP) is 4.58. The van der Waals surface area contributed by atoms with Gasteiger partial charge < -0.3 is 20.1 Å². The zero-order chi connectivity index (χ0) is 22.8. The van der Waals surface area contributed by atoms with E-state index in [0.29, 0.717) is 46.8 Å². The summed E-state index contributed by atoms with van der Waals surface area (Å²) >= 11 is 1.53. The fraction of sp³-hybridized carbons (Fsp3) is 0.458. The summed E-state index contributed by atoms with van der Waals surface area (Å²) in [6.45, 7) is 6.56. The van der Waals surface area contributed by atoms with Crippen molar-refractivity contribution in [2.24, 2.45) is 5.92 Å². The summed E-state index contributed by atoms with van der Waals surface area (Å²) in [6.07, 6.45) is 2.99. The summed E-state index contributed by atoms with van der Waals surface area (Å²) < 4.78 is 5.56. The van der Waals surface area contributed by atoms with Crippen molar-refractivity contribution in [1.82, 2.24) is 9.97 Å². The Morgan fingerprint density at radius 3 is 2.84 bits per heavy atom. The SMILES string of the molecule is CCOc1cc(C2C3=C(CCCC3=O)Nc3nc(SCCC(C)C)[nH]c(=O)c32)ccc1O. The van der Waals surface area contributed by atoms with Gasteiger partial charge in [-0.15, -0.1) is 0 Å². The molecule has 0 saturated carbocycles. The van der Waals surface area contributed by atoms with Crippen LogP contribution in [0.3, 0.4) is 0 Å². The molecule has 0 saturated heterocycles. The number of benzene rings is 1. The second-order valence-electron chi connectivity index (χ2n) is 8.55. The van der Waals surface area contributed by atoms with E-state index in [-0.39, 0.29) is 17.1 Å². The van der Waals surface area contributed by atoms with Crippen molar-refractivity contribution >= 4 is 23.4 Å². The van der Waals surface area contributed by atoms with E-state index in [0.717, 1.165) is 36.3 Å². The molecule has 1 aliphatic carbocycles. The molecule has 0 fully saturated rings. The van der Waals surface area contributed by atoms with Gasteiger partial charge in [-0.3, -0.25) is 9.59 Å². The van der Waals surface area contributed by atoms with Gasteiger partial charge in [-0.1, -0.05) is 31.7 Å². The minimum atomic E-state index is -0.556. The smallest absolute Gasteiger partial charge is 0.257 e. The average molecular weight is 456 g/mol. The molecule has 3 N–H and O–H groups in total. The Labute approximate surface area is 191 Å². The lowest BCUT2D eigenvalue weighted by atomic mass is 9.76. The molecular formula is C24H29N3O4S. The van der Waals surface area contributed by atoms with Crippen LogP contribution in [0.5, 0.6) is 11.5 Å².